The van der Waals surface area contributed by atoms with Crippen molar-refractivity contribution in [3.8, 4) is 67.8 Å². The molecule has 5 heteroatoms. The van der Waals surface area contributed by atoms with Crippen molar-refractivity contribution in [1.29, 1.82) is 0 Å². The van der Waals surface area contributed by atoms with Crippen LogP contribution in [0.25, 0.3) is 111 Å². The van der Waals surface area contributed by atoms with Gasteiger partial charge >= 0.3 is 0 Å². The van der Waals surface area contributed by atoms with Gasteiger partial charge in [0.25, 0.3) is 0 Å². The Morgan fingerprint density at radius 3 is 1.04 bits per heavy atom. The molecule has 0 aliphatic rings. The first-order valence-corrected chi connectivity index (χ1v) is 23.4. The van der Waals surface area contributed by atoms with Gasteiger partial charge in [0.05, 0.1) is 22.1 Å². The van der Waals surface area contributed by atoms with Crippen LogP contribution >= 0.6 is 0 Å². The number of hydrogen-bond donors (Lipinski definition) is 0. The predicted octanol–water partition coefficient (Wildman–Crippen LogP) is 16.3. The second kappa shape index (κ2) is 16.2. The van der Waals surface area contributed by atoms with Gasteiger partial charge < -0.3 is 9.13 Å². The highest BCUT2D eigenvalue weighted by atomic mass is 15.0. The van der Waals surface area contributed by atoms with Crippen molar-refractivity contribution in [3.05, 3.63) is 221 Å². The number of rotatable bonds is 7. The molecule has 0 aliphatic carbocycles. The Morgan fingerprint density at radius 1 is 0.279 bits per heavy atom. The van der Waals surface area contributed by atoms with Crippen LogP contribution in [-0.4, -0.2) is 24.1 Å². The maximum Gasteiger partial charge on any atom is 0.164 e. The van der Waals surface area contributed by atoms with E-state index in [1.807, 2.05) is 36.4 Å². The van der Waals surface area contributed by atoms with Crippen molar-refractivity contribution in [2.75, 3.05) is 0 Å². The molecule has 0 atom stereocenters. The van der Waals surface area contributed by atoms with E-state index in [0.29, 0.717) is 17.5 Å². The minimum atomic E-state index is 0.600. The Hall–Kier alpha value is -8.41. The number of hydrogen-bond acceptors (Lipinski definition) is 3. The van der Waals surface area contributed by atoms with Gasteiger partial charge in [0, 0.05) is 49.6 Å². The monoisotopic (exact) mass is 875 g/mol. The van der Waals surface area contributed by atoms with Crippen LogP contribution in [0.3, 0.4) is 0 Å². The lowest BCUT2D eigenvalue weighted by Crippen LogP contribution is -2.03. The molecule has 0 aliphatic heterocycles. The third-order valence-corrected chi connectivity index (χ3v) is 13.7. The third kappa shape index (κ3) is 6.89. The zero-order valence-corrected chi connectivity index (χ0v) is 39.1. The third-order valence-electron chi connectivity index (χ3n) is 13.7. The van der Waals surface area contributed by atoms with Gasteiger partial charge in [-0.2, -0.15) is 0 Å². The van der Waals surface area contributed by atoms with Crippen LogP contribution in [0.5, 0.6) is 0 Å². The summed E-state index contributed by atoms with van der Waals surface area (Å²) in [6.45, 7) is 13.3. The maximum absolute atomic E-state index is 5.29. The van der Waals surface area contributed by atoms with Gasteiger partial charge in [0.1, 0.15) is 0 Å². The van der Waals surface area contributed by atoms with Crippen molar-refractivity contribution in [1.82, 2.24) is 24.1 Å². The second-order valence-corrected chi connectivity index (χ2v) is 18.5. The van der Waals surface area contributed by atoms with Crippen molar-refractivity contribution in [2.24, 2.45) is 0 Å². The maximum atomic E-state index is 5.29. The average Bonchev–Trinajstić information content (AvgIpc) is 3.86. The number of fused-ring (bicyclic) bond motifs is 6. The lowest BCUT2D eigenvalue weighted by atomic mass is 9.93. The van der Waals surface area contributed by atoms with Crippen molar-refractivity contribution in [3.63, 3.8) is 0 Å². The van der Waals surface area contributed by atoms with Gasteiger partial charge in [-0.05, 0) is 141 Å². The number of para-hydroxylation sites is 2. The number of nitrogens with zero attached hydrogens (tertiary/aromatic N) is 5. The van der Waals surface area contributed by atoms with Crippen LogP contribution < -0.4 is 0 Å². The largest absolute Gasteiger partial charge is 0.309 e. The molecule has 0 spiro atoms. The Morgan fingerprint density at radius 2 is 0.632 bits per heavy atom. The fourth-order valence-electron chi connectivity index (χ4n) is 11.0. The molecule has 5 nitrogen and oxygen atoms in total. The Bertz CT molecular complexity index is 3670. The van der Waals surface area contributed by atoms with Gasteiger partial charge in [-0.15, -0.1) is 0 Å². The highest BCUT2D eigenvalue weighted by Crippen LogP contribution is 2.41. The molecule has 0 N–H and O–H groups in total. The average molecular weight is 876 g/mol. The van der Waals surface area contributed by atoms with Gasteiger partial charge in [-0.25, -0.2) is 15.0 Å². The summed E-state index contributed by atoms with van der Waals surface area (Å²) >= 11 is 0. The second-order valence-electron chi connectivity index (χ2n) is 18.5. The normalized spacial score (nSPS) is 11.7. The summed E-state index contributed by atoms with van der Waals surface area (Å²) in [6.07, 6.45) is 0. The quantitative estimate of drug-likeness (QED) is 0.160. The highest BCUT2D eigenvalue weighted by Gasteiger charge is 2.21. The van der Waals surface area contributed by atoms with E-state index in [9.17, 15) is 0 Å². The van der Waals surface area contributed by atoms with E-state index >= 15 is 0 Å². The Labute approximate surface area is 396 Å². The summed E-state index contributed by atoms with van der Waals surface area (Å²) in [5, 5.41) is 4.80. The molecular formula is C63H49N5. The number of aromatic nitrogens is 5. The van der Waals surface area contributed by atoms with Gasteiger partial charge in [-0.1, -0.05) is 145 Å². The summed E-state index contributed by atoms with van der Waals surface area (Å²) < 4.78 is 4.84. The Balaban J connectivity index is 1.15. The summed E-state index contributed by atoms with van der Waals surface area (Å²) in [6, 6.07) is 68.0. The Kier molecular flexibility index (Phi) is 9.77. The lowest BCUT2D eigenvalue weighted by molar-refractivity contribution is 1.07. The predicted molar refractivity (Wildman–Crippen MR) is 284 cm³/mol. The van der Waals surface area contributed by atoms with Crippen LogP contribution in [-0.2, 0) is 0 Å². The minimum absolute atomic E-state index is 0.600. The molecule has 3 heterocycles. The van der Waals surface area contributed by atoms with E-state index in [1.165, 1.54) is 77.2 Å². The minimum Gasteiger partial charge on any atom is -0.309 e. The van der Waals surface area contributed by atoms with Crippen LogP contribution in [0, 0.1) is 41.5 Å². The molecule has 0 amide bonds. The van der Waals surface area contributed by atoms with Crippen LogP contribution in [0.15, 0.2) is 188 Å². The molecule has 0 fully saturated rings. The highest BCUT2D eigenvalue weighted by molar-refractivity contribution is 6.12. The topological polar surface area (TPSA) is 48.5 Å². The van der Waals surface area contributed by atoms with Crippen LogP contribution in [0.4, 0.5) is 0 Å². The van der Waals surface area contributed by atoms with Gasteiger partial charge in [0.15, 0.2) is 17.5 Å². The molecule has 68 heavy (non-hydrogen) atoms. The fraction of sp³-hybridized carbons (Fsp3) is 0.0952. The van der Waals surface area contributed by atoms with Crippen molar-refractivity contribution >= 4 is 43.6 Å². The first-order valence-electron chi connectivity index (χ1n) is 23.4. The van der Waals surface area contributed by atoms with E-state index in [2.05, 4.69) is 202 Å². The first-order chi connectivity index (χ1) is 33.2. The molecule has 12 aromatic rings. The molecule has 0 saturated heterocycles. The van der Waals surface area contributed by atoms with Gasteiger partial charge in [-0.3, -0.25) is 0 Å². The summed E-state index contributed by atoms with van der Waals surface area (Å²) in [5.74, 6) is 1.85. The zero-order valence-electron chi connectivity index (χ0n) is 39.1. The summed E-state index contributed by atoms with van der Waals surface area (Å²) in [4.78, 5) is 15.7. The van der Waals surface area contributed by atoms with Gasteiger partial charge in [0.2, 0.25) is 0 Å². The molecule has 0 unspecified atom stereocenters. The molecule has 0 radical (unpaired) electrons. The SMILES string of the molecule is Cc1cc(C)c(-c2ccc3c(c2)c2ccccc2n3-c2cc(-c3nc(-c4ccccc4)nc(-c4ccccc4)n3)cc(-n3c4ccccc4c4cc(-c5c(C)cc(C)cc5C)ccc43)c2)c(C)c1. The van der Waals surface area contributed by atoms with E-state index in [1.54, 1.807) is 0 Å². The van der Waals surface area contributed by atoms with E-state index in [0.717, 1.165) is 50.1 Å². The number of benzene rings is 9. The standard InChI is InChI=1S/C63H49N5/c1-38-29-40(3)59(41(4)30-38)46-25-27-57-53(35-46)51-21-13-15-23-55(51)67(57)49-33-48(63-65-61(44-17-9-7-10-18-44)64-62(66-63)45-19-11-8-12-20-45)34-50(37-49)68-56-24-16-14-22-52(56)54-36-47(26-28-58(54)68)60-42(5)31-39(2)32-43(60)6/h7-37H,1-6H3. The molecule has 0 bridgehead atoms. The molecule has 3 aromatic heterocycles. The zero-order chi connectivity index (χ0) is 46.2. The molecule has 0 saturated carbocycles. The smallest absolute Gasteiger partial charge is 0.164 e. The molecule has 9 aromatic carbocycles. The lowest BCUT2D eigenvalue weighted by Gasteiger charge is -2.16. The van der Waals surface area contributed by atoms with E-state index in [4.69, 9.17) is 15.0 Å². The van der Waals surface area contributed by atoms with E-state index in [-0.39, 0.29) is 0 Å². The van der Waals surface area contributed by atoms with Crippen LogP contribution in [0.1, 0.15) is 33.4 Å². The first kappa shape index (κ1) is 41.1. The molecule has 12 rings (SSSR count). The summed E-state index contributed by atoms with van der Waals surface area (Å²) in [7, 11) is 0. The molecular weight excluding hydrogens is 827 g/mol. The fourth-order valence-corrected chi connectivity index (χ4v) is 11.0. The molecule has 326 valence electrons. The number of aryl methyl sites for hydroxylation is 6. The van der Waals surface area contributed by atoms with E-state index < -0.39 is 0 Å². The van der Waals surface area contributed by atoms with Crippen molar-refractivity contribution < 1.29 is 0 Å². The van der Waals surface area contributed by atoms with Crippen LogP contribution in [0.2, 0.25) is 0 Å². The summed E-state index contributed by atoms with van der Waals surface area (Å²) in [5.41, 5.74) is 22.0. The van der Waals surface area contributed by atoms with Crippen molar-refractivity contribution in [2.45, 2.75) is 41.5 Å².